The average molecular weight is 331 g/mol. The molecule has 2 aliphatic rings. The van der Waals surface area contributed by atoms with Crippen LogP contribution in [-0.2, 0) is 14.6 Å². The minimum Gasteiger partial charge on any atom is -0.482 e. The Hall–Kier alpha value is -1.47. The van der Waals surface area contributed by atoms with E-state index in [0.29, 0.717) is 35.0 Å². The molecule has 6 nitrogen and oxygen atoms in total. The average Bonchev–Trinajstić information content (AvgIpc) is 2.42. The number of ether oxygens (including phenoxy) is 1. The standard InChI is InChI=1S/C13H15ClN2O4S/c14-9-5-11-12(20-7-13(17)16-11)6-10(9)15-8-1-3-21(18,19)4-2-8/h5-6,8,15H,1-4,7H2,(H,16,17). The summed E-state index contributed by atoms with van der Waals surface area (Å²) in [5.74, 6) is 0.737. The summed E-state index contributed by atoms with van der Waals surface area (Å²) in [5, 5.41) is 6.41. The van der Waals surface area contributed by atoms with Crippen molar-refractivity contribution in [2.45, 2.75) is 18.9 Å². The Labute approximate surface area is 127 Å². The topological polar surface area (TPSA) is 84.5 Å². The highest BCUT2D eigenvalue weighted by atomic mass is 35.5. The first-order valence-electron chi connectivity index (χ1n) is 6.66. The van der Waals surface area contributed by atoms with E-state index in [4.69, 9.17) is 16.3 Å². The molecule has 2 aliphatic heterocycles. The van der Waals surface area contributed by atoms with Crippen molar-refractivity contribution in [1.82, 2.24) is 0 Å². The predicted molar refractivity (Wildman–Crippen MR) is 80.9 cm³/mol. The zero-order chi connectivity index (χ0) is 15.0. The number of nitrogens with one attached hydrogen (secondary N) is 2. The maximum absolute atomic E-state index is 11.4. The Morgan fingerprint density at radius 3 is 2.71 bits per heavy atom. The third-order valence-electron chi connectivity index (χ3n) is 3.62. The monoisotopic (exact) mass is 330 g/mol. The third-order valence-corrected chi connectivity index (χ3v) is 5.64. The maximum Gasteiger partial charge on any atom is 0.262 e. The quantitative estimate of drug-likeness (QED) is 0.861. The molecule has 1 amide bonds. The number of halogens is 1. The third kappa shape index (κ3) is 3.24. The van der Waals surface area contributed by atoms with Gasteiger partial charge in [0.1, 0.15) is 15.6 Å². The number of fused-ring (bicyclic) bond motifs is 1. The summed E-state index contributed by atoms with van der Waals surface area (Å²) < 4.78 is 28.2. The van der Waals surface area contributed by atoms with Gasteiger partial charge in [0.25, 0.3) is 5.91 Å². The summed E-state index contributed by atoms with van der Waals surface area (Å²) in [4.78, 5) is 11.2. The highest BCUT2D eigenvalue weighted by Crippen LogP contribution is 2.37. The van der Waals surface area contributed by atoms with Crippen molar-refractivity contribution in [3.05, 3.63) is 17.2 Å². The lowest BCUT2D eigenvalue weighted by Gasteiger charge is -2.26. The second-order valence-corrected chi connectivity index (χ2v) is 7.95. The van der Waals surface area contributed by atoms with Crippen LogP contribution in [0.3, 0.4) is 0 Å². The number of carbonyl (C=O) groups is 1. The number of benzene rings is 1. The van der Waals surface area contributed by atoms with Crippen LogP contribution < -0.4 is 15.4 Å². The van der Waals surface area contributed by atoms with E-state index in [9.17, 15) is 13.2 Å². The van der Waals surface area contributed by atoms with Crippen molar-refractivity contribution in [3.63, 3.8) is 0 Å². The Morgan fingerprint density at radius 1 is 1.29 bits per heavy atom. The van der Waals surface area contributed by atoms with Gasteiger partial charge in [-0.15, -0.1) is 0 Å². The van der Waals surface area contributed by atoms with E-state index in [1.165, 1.54) is 0 Å². The molecule has 1 aromatic carbocycles. The smallest absolute Gasteiger partial charge is 0.262 e. The van der Waals surface area contributed by atoms with E-state index in [-0.39, 0.29) is 30.1 Å². The zero-order valence-corrected chi connectivity index (χ0v) is 12.8. The molecule has 114 valence electrons. The van der Waals surface area contributed by atoms with Crippen molar-refractivity contribution in [1.29, 1.82) is 0 Å². The number of carbonyl (C=O) groups excluding carboxylic acids is 1. The Bertz CT molecular complexity index is 676. The molecule has 0 spiro atoms. The van der Waals surface area contributed by atoms with Crippen LogP contribution in [0.5, 0.6) is 5.75 Å². The van der Waals surface area contributed by atoms with Crippen LogP contribution in [0.2, 0.25) is 5.02 Å². The van der Waals surface area contributed by atoms with E-state index in [2.05, 4.69) is 10.6 Å². The molecule has 8 heteroatoms. The summed E-state index contributed by atoms with van der Waals surface area (Å²) in [7, 11) is -2.88. The summed E-state index contributed by atoms with van der Waals surface area (Å²) in [5.41, 5.74) is 1.24. The van der Waals surface area contributed by atoms with Gasteiger partial charge in [-0.05, 0) is 18.9 Å². The molecule has 0 atom stereocenters. The Kier molecular flexibility index (Phi) is 3.71. The molecule has 0 aromatic heterocycles. The summed E-state index contributed by atoms with van der Waals surface area (Å²) in [6.07, 6.45) is 1.13. The highest BCUT2D eigenvalue weighted by molar-refractivity contribution is 7.91. The Morgan fingerprint density at radius 2 is 2.00 bits per heavy atom. The lowest BCUT2D eigenvalue weighted by molar-refractivity contribution is -0.118. The number of rotatable bonds is 2. The van der Waals surface area contributed by atoms with E-state index in [1.54, 1.807) is 12.1 Å². The Balaban J connectivity index is 1.76. The fraction of sp³-hybridized carbons (Fsp3) is 0.462. The first-order chi connectivity index (χ1) is 9.93. The van der Waals surface area contributed by atoms with Gasteiger partial charge in [0.15, 0.2) is 6.61 Å². The minimum absolute atomic E-state index is 0.0181. The molecule has 0 bridgehead atoms. The molecule has 1 aromatic rings. The number of anilines is 2. The van der Waals surface area contributed by atoms with Gasteiger partial charge in [0.2, 0.25) is 0 Å². The van der Waals surface area contributed by atoms with E-state index in [0.717, 1.165) is 0 Å². The minimum atomic E-state index is -2.88. The van der Waals surface area contributed by atoms with Crippen LogP contribution in [0.4, 0.5) is 11.4 Å². The van der Waals surface area contributed by atoms with Gasteiger partial charge in [0.05, 0.1) is 27.9 Å². The van der Waals surface area contributed by atoms with E-state index < -0.39 is 9.84 Å². The van der Waals surface area contributed by atoms with Crippen molar-refractivity contribution in [3.8, 4) is 5.75 Å². The second-order valence-electron chi connectivity index (χ2n) is 5.24. The van der Waals surface area contributed by atoms with Crippen LogP contribution >= 0.6 is 11.6 Å². The van der Waals surface area contributed by atoms with Crippen molar-refractivity contribution >= 4 is 38.7 Å². The van der Waals surface area contributed by atoms with Gasteiger partial charge < -0.3 is 15.4 Å². The van der Waals surface area contributed by atoms with Gasteiger partial charge in [-0.25, -0.2) is 8.42 Å². The molecule has 2 N–H and O–H groups in total. The normalized spacial score (nSPS) is 21.1. The summed E-state index contributed by atoms with van der Waals surface area (Å²) in [6.45, 7) is -0.0181. The van der Waals surface area contributed by atoms with Gasteiger partial charge in [-0.3, -0.25) is 4.79 Å². The maximum atomic E-state index is 11.4. The number of amides is 1. The van der Waals surface area contributed by atoms with E-state index in [1.807, 2.05) is 0 Å². The number of hydrogen-bond acceptors (Lipinski definition) is 5. The van der Waals surface area contributed by atoms with Gasteiger partial charge >= 0.3 is 0 Å². The first-order valence-corrected chi connectivity index (χ1v) is 8.86. The SMILES string of the molecule is O=C1COc2cc(NC3CCS(=O)(=O)CC3)c(Cl)cc2N1. The highest BCUT2D eigenvalue weighted by Gasteiger charge is 2.25. The molecule has 2 heterocycles. The second kappa shape index (κ2) is 5.38. The lowest BCUT2D eigenvalue weighted by Crippen LogP contribution is -2.32. The van der Waals surface area contributed by atoms with Crippen molar-refractivity contribution < 1.29 is 17.9 Å². The fourth-order valence-electron chi connectivity index (χ4n) is 2.46. The lowest BCUT2D eigenvalue weighted by atomic mass is 10.1. The molecular formula is C13H15ClN2O4S. The molecular weight excluding hydrogens is 316 g/mol. The largest absolute Gasteiger partial charge is 0.482 e. The van der Waals surface area contributed by atoms with Gasteiger partial charge in [-0.2, -0.15) is 0 Å². The molecule has 1 saturated heterocycles. The molecule has 1 fully saturated rings. The van der Waals surface area contributed by atoms with Crippen molar-refractivity contribution in [2.24, 2.45) is 0 Å². The molecule has 3 rings (SSSR count). The van der Waals surface area contributed by atoms with Gasteiger partial charge in [-0.1, -0.05) is 11.6 Å². The van der Waals surface area contributed by atoms with Gasteiger partial charge in [0, 0.05) is 12.1 Å². The van der Waals surface area contributed by atoms with Crippen LogP contribution in [0.25, 0.3) is 0 Å². The zero-order valence-electron chi connectivity index (χ0n) is 11.2. The molecule has 0 saturated carbocycles. The van der Waals surface area contributed by atoms with Crippen LogP contribution in [-0.4, -0.2) is 38.5 Å². The summed E-state index contributed by atoms with van der Waals surface area (Å²) in [6, 6.07) is 3.44. The molecule has 21 heavy (non-hydrogen) atoms. The summed E-state index contributed by atoms with van der Waals surface area (Å²) >= 11 is 6.20. The molecule has 0 radical (unpaired) electrons. The predicted octanol–water partition coefficient (Wildman–Crippen LogP) is 1.66. The number of sulfone groups is 1. The molecule has 0 unspecified atom stereocenters. The number of hydrogen-bond donors (Lipinski definition) is 2. The van der Waals surface area contributed by atoms with Crippen LogP contribution in [0.15, 0.2) is 12.1 Å². The van der Waals surface area contributed by atoms with E-state index >= 15 is 0 Å². The van der Waals surface area contributed by atoms with Crippen LogP contribution in [0.1, 0.15) is 12.8 Å². The van der Waals surface area contributed by atoms with Crippen molar-refractivity contribution in [2.75, 3.05) is 28.7 Å². The first kappa shape index (κ1) is 14.5. The molecule has 0 aliphatic carbocycles. The van der Waals surface area contributed by atoms with Crippen LogP contribution in [0, 0.1) is 0 Å². The fourth-order valence-corrected chi connectivity index (χ4v) is 4.17.